The van der Waals surface area contributed by atoms with Crippen LogP contribution in [0.2, 0.25) is 0 Å². The number of amides is 1. The van der Waals surface area contributed by atoms with Gasteiger partial charge in [-0.05, 0) is 0 Å². The highest BCUT2D eigenvalue weighted by Crippen LogP contribution is 2.20. The molecule has 1 rings (SSSR count). The predicted molar refractivity (Wildman–Crippen MR) is 80.0 cm³/mol. The van der Waals surface area contributed by atoms with Crippen LogP contribution in [0.15, 0.2) is 0 Å². The number of hydrogen-bond donors (Lipinski definition) is 0. The molecule has 6 nitrogen and oxygen atoms in total. The fraction of sp³-hybridized carbons (Fsp3) is 0.833. The van der Waals surface area contributed by atoms with Crippen molar-refractivity contribution in [3.63, 3.8) is 0 Å². The maximum Gasteiger partial charge on any atom is 0.223 e. The lowest BCUT2D eigenvalue weighted by atomic mass is 10.3. The summed E-state index contributed by atoms with van der Waals surface area (Å²) in [6, 6.07) is 2.00. The quantitative estimate of drug-likeness (QED) is 0.694. The average Bonchev–Trinajstić information content (AvgIpc) is 2.41. The standard InChI is InChI=1S/C12H21N3O3S2/c1-14(6-3-5-13)11(16)4-7-15-8-9-19-10-12(15)20(2,17)18/h12H,3-4,6-10H2,1-2H3. The van der Waals surface area contributed by atoms with E-state index in [0.717, 1.165) is 5.75 Å². The summed E-state index contributed by atoms with van der Waals surface area (Å²) in [4.78, 5) is 15.3. The zero-order valence-corrected chi connectivity index (χ0v) is 13.5. The van der Waals surface area contributed by atoms with E-state index in [1.807, 2.05) is 11.0 Å². The number of sulfone groups is 1. The molecule has 0 bridgehead atoms. The molecule has 0 aromatic heterocycles. The number of carbonyl (C=O) groups excluding carboxylic acids is 1. The number of nitrogens with zero attached hydrogens (tertiary/aromatic N) is 3. The second kappa shape index (κ2) is 7.86. The van der Waals surface area contributed by atoms with Crippen LogP contribution in [0.1, 0.15) is 12.8 Å². The molecule has 1 aliphatic rings. The Balaban J connectivity index is 2.50. The molecule has 1 aliphatic heterocycles. The Morgan fingerprint density at radius 3 is 2.85 bits per heavy atom. The first-order valence-corrected chi connectivity index (χ1v) is 9.58. The van der Waals surface area contributed by atoms with E-state index in [-0.39, 0.29) is 5.91 Å². The molecular formula is C12H21N3O3S2. The molecule has 0 spiro atoms. The minimum Gasteiger partial charge on any atom is -0.345 e. The smallest absolute Gasteiger partial charge is 0.223 e. The fourth-order valence-electron chi connectivity index (χ4n) is 2.04. The molecule has 1 atom stereocenters. The molecule has 0 aromatic carbocycles. The molecule has 1 fully saturated rings. The van der Waals surface area contributed by atoms with Crippen LogP contribution in [-0.2, 0) is 14.6 Å². The zero-order valence-electron chi connectivity index (χ0n) is 11.9. The van der Waals surface area contributed by atoms with E-state index in [1.54, 1.807) is 18.8 Å². The third-order valence-corrected chi connectivity index (χ3v) is 5.97. The second-order valence-corrected chi connectivity index (χ2v) is 8.22. The molecule has 114 valence electrons. The van der Waals surface area contributed by atoms with Crippen LogP contribution in [0, 0.1) is 11.3 Å². The van der Waals surface area contributed by atoms with Crippen LogP contribution in [-0.4, -0.2) is 73.9 Å². The van der Waals surface area contributed by atoms with Gasteiger partial charge in [0.25, 0.3) is 0 Å². The van der Waals surface area contributed by atoms with Gasteiger partial charge in [-0.1, -0.05) is 0 Å². The van der Waals surface area contributed by atoms with Crippen molar-refractivity contribution in [2.75, 3.05) is 44.4 Å². The largest absolute Gasteiger partial charge is 0.345 e. The third-order valence-electron chi connectivity index (χ3n) is 3.28. The van der Waals surface area contributed by atoms with Crippen LogP contribution < -0.4 is 0 Å². The molecule has 0 saturated carbocycles. The van der Waals surface area contributed by atoms with Crippen LogP contribution in [0.25, 0.3) is 0 Å². The molecule has 0 N–H and O–H groups in total. The van der Waals surface area contributed by atoms with Gasteiger partial charge in [0.2, 0.25) is 5.91 Å². The van der Waals surface area contributed by atoms with Gasteiger partial charge in [-0.25, -0.2) is 8.42 Å². The molecule has 1 amide bonds. The maximum absolute atomic E-state index is 11.9. The van der Waals surface area contributed by atoms with Crippen LogP contribution in [0.3, 0.4) is 0 Å². The second-order valence-electron chi connectivity index (χ2n) is 4.87. The van der Waals surface area contributed by atoms with Gasteiger partial charge >= 0.3 is 0 Å². The van der Waals surface area contributed by atoms with E-state index >= 15 is 0 Å². The summed E-state index contributed by atoms with van der Waals surface area (Å²) in [6.45, 7) is 1.56. The van der Waals surface area contributed by atoms with Crippen LogP contribution >= 0.6 is 11.8 Å². The molecular weight excluding hydrogens is 298 g/mol. The van der Waals surface area contributed by atoms with Gasteiger partial charge in [-0.3, -0.25) is 9.69 Å². The molecule has 1 saturated heterocycles. The van der Waals surface area contributed by atoms with Gasteiger partial charge in [-0.15, -0.1) is 0 Å². The van der Waals surface area contributed by atoms with Crippen LogP contribution in [0.4, 0.5) is 0 Å². The molecule has 1 unspecified atom stereocenters. The van der Waals surface area contributed by atoms with Gasteiger partial charge in [0.1, 0.15) is 5.37 Å². The summed E-state index contributed by atoms with van der Waals surface area (Å²) in [5, 5.41) is 8.00. The van der Waals surface area contributed by atoms with Crippen molar-refractivity contribution in [1.29, 1.82) is 5.26 Å². The molecule has 1 heterocycles. The normalized spacial score (nSPS) is 20.4. The van der Waals surface area contributed by atoms with E-state index in [4.69, 9.17) is 5.26 Å². The van der Waals surface area contributed by atoms with Crippen molar-refractivity contribution < 1.29 is 13.2 Å². The summed E-state index contributed by atoms with van der Waals surface area (Å²) in [5.74, 6) is 1.41. The first kappa shape index (κ1) is 17.3. The first-order chi connectivity index (χ1) is 9.36. The van der Waals surface area contributed by atoms with Gasteiger partial charge < -0.3 is 4.90 Å². The lowest BCUT2D eigenvalue weighted by Crippen LogP contribution is -2.48. The van der Waals surface area contributed by atoms with Crippen molar-refractivity contribution in [2.24, 2.45) is 0 Å². The van der Waals surface area contributed by atoms with Crippen molar-refractivity contribution in [2.45, 2.75) is 18.2 Å². The summed E-state index contributed by atoms with van der Waals surface area (Å²) in [6.07, 6.45) is 1.85. The number of carbonyl (C=O) groups is 1. The van der Waals surface area contributed by atoms with Crippen molar-refractivity contribution in [3.8, 4) is 6.07 Å². The Kier molecular flexibility index (Phi) is 6.79. The van der Waals surface area contributed by atoms with Gasteiger partial charge in [0.15, 0.2) is 9.84 Å². The Bertz CT molecular complexity index is 473. The topological polar surface area (TPSA) is 81.5 Å². The van der Waals surface area contributed by atoms with E-state index in [0.29, 0.717) is 38.2 Å². The van der Waals surface area contributed by atoms with Gasteiger partial charge in [-0.2, -0.15) is 17.0 Å². The minimum absolute atomic E-state index is 0.0503. The Hall–Kier alpha value is -0.780. The Morgan fingerprint density at radius 1 is 1.55 bits per heavy atom. The maximum atomic E-state index is 11.9. The molecule has 20 heavy (non-hydrogen) atoms. The predicted octanol–water partition coefficient (Wildman–Crippen LogP) is 0.168. The van der Waals surface area contributed by atoms with E-state index in [2.05, 4.69) is 0 Å². The van der Waals surface area contributed by atoms with Crippen molar-refractivity contribution in [1.82, 2.24) is 9.80 Å². The summed E-state index contributed by atoms with van der Waals surface area (Å²) in [7, 11) is -1.45. The number of nitriles is 1. The summed E-state index contributed by atoms with van der Waals surface area (Å²) in [5.41, 5.74) is 0. The van der Waals surface area contributed by atoms with E-state index in [1.165, 1.54) is 11.2 Å². The van der Waals surface area contributed by atoms with Crippen LogP contribution in [0.5, 0.6) is 0 Å². The molecule has 0 radical (unpaired) electrons. The highest BCUT2D eigenvalue weighted by atomic mass is 32.2. The molecule has 0 aliphatic carbocycles. The lowest BCUT2D eigenvalue weighted by molar-refractivity contribution is -0.130. The zero-order chi connectivity index (χ0) is 15.2. The minimum atomic E-state index is -3.12. The Morgan fingerprint density at radius 2 is 2.25 bits per heavy atom. The number of rotatable bonds is 6. The van der Waals surface area contributed by atoms with Crippen molar-refractivity contribution >= 4 is 27.5 Å². The number of hydrogen-bond acceptors (Lipinski definition) is 6. The monoisotopic (exact) mass is 319 g/mol. The van der Waals surface area contributed by atoms with Crippen molar-refractivity contribution in [3.05, 3.63) is 0 Å². The average molecular weight is 319 g/mol. The summed E-state index contributed by atoms with van der Waals surface area (Å²) < 4.78 is 23.5. The lowest BCUT2D eigenvalue weighted by Gasteiger charge is -2.34. The summed E-state index contributed by atoms with van der Waals surface area (Å²) >= 11 is 1.63. The SMILES string of the molecule is CN(CCC#N)C(=O)CCN1CCSCC1S(C)(=O)=O. The highest BCUT2D eigenvalue weighted by Gasteiger charge is 2.31. The third kappa shape index (κ3) is 5.31. The number of thioether (sulfide) groups is 1. The highest BCUT2D eigenvalue weighted by molar-refractivity contribution is 8.00. The van der Waals surface area contributed by atoms with E-state index in [9.17, 15) is 13.2 Å². The van der Waals surface area contributed by atoms with Gasteiger partial charge in [0.05, 0.1) is 12.5 Å². The van der Waals surface area contributed by atoms with E-state index < -0.39 is 15.2 Å². The van der Waals surface area contributed by atoms with Gasteiger partial charge in [0, 0.05) is 50.9 Å². The molecule has 8 heteroatoms. The Labute approximate surface area is 125 Å². The fourth-order valence-corrected chi connectivity index (χ4v) is 5.01. The first-order valence-electron chi connectivity index (χ1n) is 6.48. The molecule has 0 aromatic rings.